The molecule has 23 heavy (non-hydrogen) atoms. The average molecular weight is 379 g/mol. The number of nitriles is 2. The van der Waals surface area contributed by atoms with Crippen molar-refractivity contribution in [2.75, 3.05) is 12.0 Å². The van der Waals surface area contributed by atoms with E-state index >= 15 is 0 Å². The van der Waals surface area contributed by atoms with Gasteiger partial charge in [0.05, 0.1) is 17.9 Å². The Balaban J connectivity index is 2.92. The Morgan fingerprint density at radius 2 is 2.00 bits per heavy atom. The van der Waals surface area contributed by atoms with E-state index in [-0.39, 0.29) is 17.9 Å². The number of hydrogen-bond acceptors (Lipinski definition) is 7. The van der Waals surface area contributed by atoms with Gasteiger partial charge in [-0.15, -0.1) is 0 Å². The van der Waals surface area contributed by atoms with Crippen LogP contribution in [0, 0.1) is 22.7 Å². The number of amides is 2. The van der Waals surface area contributed by atoms with E-state index in [9.17, 15) is 9.59 Å². The van der Waals surface area contributed by atoms with Crippen LogP contribution >= 0.6 is 15.9 Å². The Kier molecular flexibility index (Phi) is 7.04. The van der Waals surface area contributed by atoms with Crippen molar-refractivity contribution in [1.82, 2.24) is 10.9 Å². The molecule has 0 fully saturated rings. The second-order valence-electron chi connectivity index (χ2n) is 3.79. The fourth-order valence-corrected chi connectivity index (χ4v) is 1.70. The van der Waals surface area contributed by atoms with Crippen molar-refractivity contribution in [1.29, 1.82) is 10.5 Å². The van der Waals surface area contributed by atoms with Gasteiger partial charge in [0.1, 0.15) is 12.1 Å². The fraction of sp³-hybridized carbons (Fsp3) is 0.154. The van der Waals surface area contributed by atoms with Gasteiger partial charge in [-0.2, -0.15) is 15.6 Å². The number of nitrogens with one attached hydrogen (secondary N) is 3. The van der Waals surface area contributed by atoms with Crippen molar-refractivity contribution >= 4 is 39.3 Å². The van der Waals surface area contributed by atoms with Crippen LogP contribution in [-0.4, -0.2) is 24.3 Å². The van der Waals surface area contributed by atoms with Crippen LogP contribution < -0.4 is 16.3 Å². The van der Waals surface area contributed by atoms with E-state index < -0.39 is 17.7 Å². The summed E-state index contributed by atoms with van der Waals surface area (Å²) >= 11 is 3.23. The highest BCUT2D eigenvalue weighted by atomic mass is 79.9. The number of carbonyl (C=O) groups is 2. The van der Waals surface area contributed by atoms with E-state index in [1.165, 1.54) is 12.1 Å². The highest BCUT2D eigenvalue weighted by molar-refractivity contribution is 9.10. The molecule has 0 radical (unpaired) electrons. The summed E-state index contributed by atoms with van der Waals surface area (Å²) in [5.41, 5.74) is 6.64. The molecule has 0 saturated carbocycles. The quantitative estimate of drug-likeness (QED) is 0.537. The number of halogens is 1. The molecular formula is C13H11BrN6O3. The molecule has 9 nitrogen and oxygen atoms in total. The SMILES string of the molecule is CCOC(=O)NNC(=O)c1ccc(Br)cc1NN=C(C#N)C#N. The van der Waals surface area contributed by atoms with Gasteiger partial charge in [-0.1, -0.05) is 15.9 Å². The maximum atomic E-state index is 12.1. The first kappa shape index (κ1) is 17.9. The standard InChI is InChI=1S/C13H11BrN6O3/c1-2-23-13(22)20-19-12(21)10-4-3-8(14)5-11(10)18-17-9(6-15)7-16/h3-5,18H,2H2,1H3,(H,19,21)(H,20,22). The molecule has 1 aromatic carbocycles. The summed E-state index contributed by atoms with van der Waals surface area (Å²) in [6, 6.07) is 7.74. The molecule has 0 aliphatic rings. The molecule has 0 aliphatic heterocycles. The number of rotatable bonds is 4. The molecule has 118 valence electrons. The molecule has 0 bridgehead atoms. The molecule has 0 unspecified atom stereocenters. The van der Waals surface area contributed by atoms with Crippen LogP contribution in [0.5, 0.6) is 0 Å². The van der Waals surface area contributed by atoms with Crippen molar-refractivity contribution in [3.05, 3.63) is 28.2 Å². The smallest absolute Gasteiger partial charge is 0.426 e. The number of hydrazine groups is 1. The molecule has 2 amide bonds. The molecule has 3 N–H and O–H groups in total. The Morgan fingerprint density at radius 3 is 2.61 bits per heavy atom. The molecule has 0 atom stereocenters. The highest BCUT2D eigenvalue weighted by Gasteiger charge is 2.13. The van der Waals surface area contributed by atoms with Crippen molar-refractivity contribution in [2.24, 2.45) is 5.10 Å². The van der Waals surface area contributed by atoms with Crippen molar-refractivity contribution in [3.63, 3.8) is 0 Å². The number of hydrogen-bond donors (Lipinski definition) is 3. The monoisotopic (exact) mass is 378 g/mol. The minimum Gasteiger partial charge on any atom is -0.449 e. The van der Waals surface area contributed by atoms with Crippen molar-refractivity contribution in [3.8, 4) is 12.1 Å². The second kappa shape index (κ2) is 9.02. The highest BCUT2D eigenvalue weighted by Crippen LogP contribution is 2.21. The lowest BCUT2D eigenvalue weighted by atomic mass is 10.2. The van der Waals surface area contributed by atoms with Gasteiger partial charge in [0.2, 0.25) is 5.71 Å². The van der Waals surface area contributed by atoms with E-state index in [0.717, 1.165) is 0 Å². The Hall–Kier alpha value is -3.11. The molecule has 0 aliphatic carbocycles. The Morgan fingerprint density at radius 1 is 1.30 bits per heavy atom. The minimum absolute atomic E-state index is 0.129. The summed E-state index contributed by atoms with van der Waals surface area (Å²) in [5.74, 6) is -0.640. The zero-order valence-electron chi connectivity index (χ0n) is 11.9. The van der Waals surface area contributed by atoms with Crippen molar-refractivity contribution in [2.45, 2.75) is 6.92 Å². The molecule has 1 rings (SSSR count). The lowest BCUT2D eigenvalue weighted by Crippen LogP contribution is -2.42. The van der Waals surface area contributed by atoms with Crippen molar-refractivity contribution < 1.29 is 14.3 Å². The van der Waals surface area contributed by atoms with Crippen LogP contribution in [0.1, 0.15) is 17.3 Å². The molecule has 0 saturated heterocycles. The van der Waals surface area contributed by atoms with Crippen LogP contribution in [-0.2, 0) is 4.74 Å². The molecule has 10 heteroatoms. The van der Waals surface area contributed by atoms with E-state index in [1.807, 2.05) is 0 Å². The van der Waals surface area contributed by atoms with Gasteiger partial charge in [-0.3, -0.25) is 15.6 Å². The summed E-state index contributed by atoms with van der Waals surface area (Å²) in [6.45, 7) is 1.78. The number of hydrazone groups is 1. The molecule has 0 heterocycles. The number of benzene rings is 1. The summed E-state index contributed by atoms with van der Waals surface area (Å²) in [4.78, 5) is 23.2. The summed E-state index contributed by atoms with van der Waals surface area (Å²) in [6.07, 6.45) is -0.804. The summed E-state index contributed by atoms with van der Waals surface area (Å²) < 4.78 is 5.24. The maximum absolute atomic E-state index is 12.1. The predicted octanol–water partition coefficient (Wildman–Crippen LogP) is 1.66. The van der Waals surface area contributed by atoms with Crippen LogP contribution in [0.3, 0.4) is 0 Å². The largest absolute Gasteiger partial charge is 0.449 e. The van der Waals surface area contributed by atoms with Gasteiger partial charge in [0.25, 0.3) is 5.91 Å². The minimum atomic E-state index is -0.804. The molecular weight excluding hydrogens is 368 g/mol. The first-order valence-electron chi connectivity index (χ1n) is 6.18. The van der Waals surface area contributed by atoms with E-state index in [0.29, 0.717) is 4.47 Å². The lowest BCUT2D eigenvalue weighted by Gasteiger charge is -2.11. The fourth-order valence-electron chi connectivity index (χ4n) is 1.34. The normalized spacial score (nSPS) is 8.87. The zero-order valence-corrected chi connectivity index (χ0v) is 13.5. The van der Waals surface area contributed by atoms with Crippen LogP contribution in [0.25, 0.3) is 0 Å². The van der Waals surface area contributed by atoms with E-state index in [2.05, 4.69) is 42.0 Å². The molecule has 1 aromatic rings. The van der Waals surface area contributed by atoms with Crippen LogP contribution in [0.15, 0.2) is 27.8 Å². The first-order chi connectivity index (χ1) is 11.0. The Labute approximate surface area is 140 Å². The number of ether oxygens (including phenoxy) is 1. The van der Waals surface area contributed by atoms with Crippen LogP contribution in [0.2, 0.25) is 0 Å². The third kappa shape index (κ3) is 5.65. The summed E-state index contributed by atoms with van der Waals surface area (Å²) in [7, 11) is 0. The number of nitrogens with zero attached hydrogens (tertiary/aromatic N) is 3. The third-order valence-corrected chi connectivity index (χ3v) is 2.77. The maximum Gasteiger partial charge on any atom is 0.426 e. The van der Waals surface area contributed by atoms with Gasteiger partial charge >= 0.3 is 6.09 Å². The summed E-state index contributed by atoms with van der Waals surface area (Å²) in [5, 5.41) is 20.9. The molecule has 0 aromatic heterocycles. The first-order valence-corrected chi connectivity index (χ1v) is 6.97. The second-order valence-corrected chi connectivity index (χ2v) is 4.70. The topological polar surface area (TPSA) is 139 Å². The predicted molar refractivity (Wildman–Crippen MR) is 84.0 cm³/mol. The third-order valence-electron chi connectivity index (χ3n) is 2.28. The van der Waals surface area contributed by atoms with Gasteiger partial charge in [0, 0.05) is 4.47 Å². The molecule has 0 spiro atoms. The van der Waals surface area contributed by atoms with Gasteiger partial charge < -0.3 is 4.74 Å². The average Bonchev–Trinajstić information content (AvgIpc) is 2.54. The van der Waals surface area contributed by atoms with Gasteiger partial charge in [-0.25, -0.2) is 10.2 Å². The van der Waals surface area contributed by atoms with E-state index in [4.69, 9.17) is 10.5 Å². The van der Waals surface area contributed by atoms with Gasteiger partial charge in [0.15, 0.2) is 0 Å². The zero-order chi connectivity index (χ0) is 17.2. The Bertz CT molecular complexity index is 703. The number of anilines is 1. The van der Waals surface area contributed by atoms with E-state index in [1.54, 1.807) is 25.1 Å². The number of carbonyl (C=O) groups excluding carboxylic acids is 2. The van der Waals surface area contributed by atoms with Crippen LogP contribution in [0.4, 0.5) is 10.5 Å². The van der Waals surface area contributed by atoms with Gasteiger partial charge in [-0.05, 0) is 25.1 Å². The lowest BCUT2D eigenvalue weighted by molar-refractivity contribution is 0.0913.